The van der Waals surface area contributed by atoms with Gasteiger partial charge in [0.2, 0.25) is 11.8 Å². The average molecular weight is 368 g/mol. The van der Waals surface area contributed by atoms with Crippen molar-refractivity contribution in [2.24, 2.45) is 0 Å². The van der Waals surface area contributed by atoms with E-state index in [1.165, 1.54) is 25.1 Å². The summed E-state index contributed by atoms with van der Waals surface area (Å²) in [4.78, 5) is 46.5. The van der Waals surface area contributed by atoms with Crippen LogP contribution >= 0.6 is 0 Å². The maximum absolute atomic E-state index is 13.8. The number of esters is 1. The minimum absolute atomic E-state index is 0.0704. The van der Waals surface area contributed by atoms with Gasteiger partial charge in [-0.2, -0.15) is 0 Å². The molecule has 2 amide bonds. The molecule has 0 saturated carbocycles. The van der Waals surface area contributed by atoms with Crippen LogP contribution in [0.15, 0.2) is 24.3 Å². The van der Waals surface area contributed by atoms with Crippen LogP contribution in [0.4, 0.5) is 4.39 Å². The largest absolute Gasteiger partial charge is 0.480 e. The molecule has 0 heterocycles. The molecule has 8 nitrogen and oxygen atoms in total. The molecule has 0 aromatic heterocycles. The highest BCUT2D eigenvalue weighted by Gasteiger charge is 2.28. The lowest BCUT2D eigenvalue weighted by Gasteiger charge is -2.21. The second-order valence-corrected chi connectivity index (χ2v) is 5.46. The van der Waals surface area contributed by atoms with Crippen LogP contribution in [-0.4, -0.2) is 47.6 Å². The normalized spacial score (nSPS) is 12.6. The van der Waals surface area contributed by atoms with E-state index in [1.54, 1.807) is 13.0 Å². The fourth-order valence-corrected chi connectivity index (χ4v) is 2.20. The number of halogens is 1. The number of ether oxygens (including phenoxy) is 1. The molecule has 0 radical (unpaired) electrons. The Morgan fingerprint density at radius 3 is 2.35 bits per heavy atom. The van der Waals surface area contributed by atoms with Gasteiger partial charge in [-0.15, -0.1) is 0 Å². The second-order valence-electron chi connectivity index (χ2n) is 5.46. The third-order valence-electron chi connectivity index (χ3n) is 3.37. The molecule has 1 aromatic rings. The molecule has 0 bridgehead atoms. The van der Waals surface area contributed by atoms with Crippen LogP contribution < -0.4 is 10.6 Å². The summed E-state index contributed by atoms with van der Waals surface area (Å²) in [5, 5.41) is 13.7. The van der Waals surface area contributed by atoms with E-state index in [-0.39, 0.29) is 18.6 Å². The monoisotopic (exact) mass is 368 g/mol. The Morgan fingerprint density at radius 1 is 1.15 bits per heavy atom. The molecular weight excluding hydrogens is 347 g/mol. The van der Waals surface area contributed by atoms with Crippen LogP contribution in [0.25, 0.3) is 0 Å². The number of carboxylic acids is 1. The fourth-order valence-electron chi connectivity index (χ4n) is 2.20. The second kappa shape index (κ2) is 10.1. The van der Waals surface area contributed by atoms with Crippen LogP contribution in [0.5, 0.6) is 0 Å². The van der Waals surface area contributed by atoms with Gasteiger partial charge in [-0.05, 0) is 18.6 Å². The summed E-state index contributed by atoms with van der Waals surface area (Å²) in [5.41, 5.74) is 0.179. The first-order chi connectivity index (χ1) is 12.2. The number of hydrogen-bond acceptors (Lipinski definition) is 5. The van der Waals surface area contributed by atoms with E-state index < -0.39 is 48.1 Å². The molecule has 9 heteroatoms. The van der Waals surface area contributed by atoms with Crippen LogP contribution in [-0.2, 0) is 30.3 Å². The molecule has 3 N–H and O–H groups in total. The smallest absolute Gasteiger partial charge is 0.326 e. The van der Waals surface area contributed by atoms with Gasteiger partial charge < -0.3 is 20.5 Å². The fraction of sp³-hybridized carbons (Fsp3) is 0.412. The van der Waals surface area contributed by atoms with E-state index in [9.17, 15) is 23.6 Å². The van der Waals surface area contributed by atoms with Crippen molar-refractivity contribution in [2.45, 2.75) is 38.8 Å². The van der Waals surface area contributed by atoms with Crippen LogP contribution in [0.3, 0.4) is 0 Å². The van der Waals surface area contributed by atoms with E-state index >= 15 is 0 Å². The molecule has 26 heavy (non-hydrogen) atoms. The number of aliphatic carboxylic acids is 1. The highest BCUT2D eigenvalue weighted by atomic mass is 19.1. The van der Waals surface area contributed by atoms with E-state index in [4.69, 9.17) is 5.11 Å². The predicted molar refractivity (Wildman–Crippen MR) is 88.5 cm³/mol. The highest BCUT2D eigenvalue weighted by Crippen LogP contribution is 2.10. The standard InChI is InChI=1S/C17H21FN2O6/c1-3-26-15(22)9-14(17(24)25)20-16(23)13(19-10(2)21)8-11-6-4-5-7-12(11)18/h4-7,13-14H,3,8-9H2,1-2H3,(H,19,21)(H,20,23)(H,24,25)/t13-,14+/m0/s1. The number of benzene rings is 1. The summed E-state index contributed by atoms with van der Waals surface area (Å²) in [5.74, 6) is -4.17. The van der Waals surface area contributed by atoms with Gasteiger partial charge in [-0.3, -0.25) is 14.4 Å². The number of nitrogens with one attached hydrogen (secondary N) is 2. The number of amides is 2. The Hall–Kier alpha value is -2.97. The molecule has 0 spiro atoms. The van der Waals surface area contributed by atoms with Gasteiger partial charge in [-0.1, -0.05) is 18.2 Å². The molecule has 2 atom stereocenters. The van der Waals surface area contributed by atoms with E-state index in [2.05, 4.69) is 15.4 Å². The SMILES string of the molecule is CCOC(=O)C[C@@H](NC(=O)[C@H](Cc1ccccc1F)NC(C)=O)C(=O)O. The van der Waals surface area contributed by atoms with E-state index in [0.717, 1.165) is 0 Å². The quantitative estimate of drug-likeness (QED) is 0.542. The maximum atomic E-state index is 13.8. The van der Waals surface area contributed by atoms with Crippen LogP contribution in [0.2, 0.25) is 0 Å². The summed E-state index contributed by atoms with van der Waals surface area (Å²) >= 11 is 0. The molecule has 0 aliphatic carbocycles. The lowest BCUT2D eigenvalue weighted by atomic mass is 10.0. The first-order valence-electron chi connectivity index (χ1n) is 7.93. The molecule has 0 aliphatic heterocycles. The minimum Gasteiger partial charge on any atom is -0.480 e. The van der Waals surface area contributed by atoms with Crippen molar-refractivity contribution in [1.29, 1.82) is 0 Å². The van der Waals surface area contributed by atoms with Gasteiger partial charge in [0.15, 0.2) is 0 Å². The van der Waals surface area contributed by atoms with Gasteiger partial charge in [0.1, 0.15) is 17.9 Å². The first-order valence-corrected chi connectivity index (χ1v) is 7.93. The van der Waals surface area contributed by atoms with Crippen LogP contribution in [0.1, 0.15) is 25.8 Å². The summed E-state index contributed by atoms with van der Waals surface area (Å²) in [7, 11) is 0. The lowest BCUT2D eigenvalue weighted by Crippen LogP contribution is -2.52. The minimum atomic E-state index is -1.53. The molecule has 0 fully saturated rings. The molecule has 1 rings (SSSR count). The maximum Gasteiger partial charge on any atom is 0.326 e. The summed E-state index contributed by atoms with van der Waals surface area (Å²) in [6, 6.07) is 2.98. The Kier molecular flexibility index (Phi) is 8.20. The number of carboxylic acid groups (broad SMARTS) is 1. The van der Waals surface area contributed by atoms with Crippen molar-refractivity contribution in [1.82, 2.24) is 10.6 Å². The van der Waals surface area contributed by atoms with Gasteiger partial charge in [0.25, 0.3) is 0 Å². The van der Waals surface area contributed by atoms with Crippen molar-refractivity contribution in [3.63, 3.8) is 0 Å². The van der Waals surface area contributed by atoms with E-state index in [0.29, 0.717) is 0 Å². The van der Waals surface area contributed by atoms with Gasteiger partial charge in [0, 0.05) is 13.3 Å². The number of carbonyl (C=O) groups is 4. The molecular formula is C17H21FN2O6. The predicted octanol–water partition coefficient (Wildman–Crippen LogP) is 0.395. The number of carbonyl (C=O) groups excluding carboxylic acids is 3. The Morgan fingerprint density at radius 2 is 1.81 bits per heavy atom. The van der Waals surface area contributed by atoms with Gasteiger partial charge in [0.05, 0.1) is 13.0 Å². The van der Waals surface area contributed by atoms with Gasteiger partial charge in [-0.25, -0.2) is 9.18 Å². The molecule has 0 unspecified atom stereocenters. The molecule has 1 aromatic carbocycles. The van der Waals surface area contributed by atoms with Crippen molar-refractivity contribution < 1.29 is 33.4 Å². The Bertz CT molecular complexity index is 679. The number of hydrogen-bond donors (Lipinski definition) is 3. The molecule has 0 aliphatic rings. The zero-order valence-electron chi connectivity index (χ0n) is 14.5. The summed E-state index contributed by atoms with van der Waals surface area (Å²) in [6.45, 7) is 2.81. The first kappa shape index (κ1) is 21.1. The third kappa shape index (κ3) is 6.88. The summed E-state index contributed by atoms with van der Waals surface area (Å²) in [6.07, 6.45) is -0.745. The molecule has 142 valence electrons. The number of rotatable bonds is 9. The van der Waals surface area contributed by atoms with Crippen molar-refractivity contribution in [3.8, 4) is 0 Å². The highest BCUT2D eigenvalue weighted by molar-refractivity contribution is 5.91. The van der Waals surface area contributed by atoms with Gasteiger partial charge >= 0.3 is 11.9 Å². The molecule has 0 saturated heterocycles. The summed E-state index contributed by atoms with van der Waals surface area (Å²) < 4.78 is 18.5. The van der Waals surface area contributed by atoms with E-state index in [1.807, 2.05) is 0 Å². The third-order valence-corrected chi connectivity index (χ3v) is 3.37. The average Bonchev–Trinajstić information content (AvgIpc) is 2.55. The zero-order chi connectivity index (χ0) is 19.7. The van der Waals surface area contributed by atoms with Crippen molar-refractivity contribution >= 4 is 23.8 Å². The Balaban J connectivity index is 2.89. The topological polar surface area (TPSA) is 122 Å². The van der Waals surface area contributed by atoms with Crippen molar-refractivity contribution in [3.05, 3.63) is 35.6 Å². The Labute approximate surface area is 149 Å². The van der Waals surface area contributed by atoms with Crippen molar-refractivity contribution in [2.75, 3.05) is 6.61 Å². The zero-order valence-corrected chi connectivity index (χ0v) is 14.5. The van der Waals surface area contributed by atoms with Crippen LogP contribution in [0, 0.1) is 5.82 Å². The lowest BCUT2D eigenvalue weighted by molar-refractivity contribution is -0.150.